The van der Waals surface area contributed by atoms with Gasteiger partial charge >= 0.3 is 0 Å². The molecule has 2 atom stereocenters. The van der Waals surface area contributed by atoms with Crippen molar-refractivity contribution in [1.29, 1.82) is 0 Å². The standard InChI is InChI=1S/C13H10Cl2/c1-7-3-2-4-8-9-5-6-10(11(7)8)12(9)13(14)15/h2-6,9-10H,1H3. The minimum Gasteiger partial charge on any atom is -0.0759 e. The molecule has 0 aliphatic heterocycles. The van der Waals surface area contributed by atoms with Crippen LogP contribution in [0, 0.1) is 6.92 Å². The van der Waals surface area contributed by atoms with Crippen LogP contribution in [0.2, 0.25) is 0 Å². The second-order valence-electron chi connectivity index (χ2n) is 4.13. The van der Waals surface area contributed by atoms with Crippen molar-refractivity contribution in [2.45, 2.75) is 18.8 Å². The lowest BCUT2D eigenvalue weighted by Gasteiger charge is -2.11. The van der Waals surface area contributed by atoms with Gasteiger partial charge in [-0.1, -0.05) is 53.6 Å². The van der Waals surface area contributed by atoms with Crippen molar-refractivity contribution in [2.75, 3.05) is 0 Å². The van der Waals surface area contributed by atoms with Crippen molar-refractivity contribution < 1.29 is 0 Å². The topological polar surface area (TPSA) is 0 Å². The van der Waals surface area contributed by atoms with E-state index in [1.807, 2.05) is 0 Å². The molecule has 0 heterocycles. The fourth-order valence-corrected chi connectivity index (χ4v) is 3.25. The highest BCUT2D eigenvalue weighted by Gasteiger charge is 2.39. The molecule has 1 aromatic rings. The van der Waals surface area contributed by atoms with E-state index in [0.29, 0.717) is 16.3 Å². The van der Waals surface area contributed by atoms with Crippen LogP contribution in [0.25, 0.3) is 0 Å². The summed E-state index contributed by atoms with van der Waals surface area (Å²) in [6, 6.07) is 6.42. The Hall–Kier alpha value is -0.720. The SMILES string of the molecule is Cc1cccc2c1C1C=CC2C1=C(Cl)Cl. The molecule has 0 spiro atoms. The van der Waals surface area contributed by atoms with Gasteiger partial charge in [0.1, 0.15) is 4.49 Å². The molecule has 0 aromatic heterocycles. The number of benzene rings is 1. The van der Waals surface area contributed by atoms with Crippen molar-refractivity contribution in [2.24, 2.45) is 0 Å². The van der Waals surface area contributed by atoms with Crippen molar-refractivity contribution in [3.8, 4) is 0 Å². The Morgan fingerprint density at radius 1 is 1.13 bits per heavy atom. The molecular weight excluding hydrogens is 227 g/mol. The van der Waals surface area contributed by atoms with Gasteiger partial charge in [0.15, 0.2) is 0 Å². The second-order valence-corrected chi connectivity index (χ2v) is 5.08. The molecule has 0 radical (unpaired) electrons. The van der Waals surface area contributed by atoms with E-state index in [0.717, 1.165) is 5.57 Å². The molecule has 0 N–H and O–H groups in total. The molecule has 2 aliphatic rings. The van der Waals surface area contributed by atoms with Gasteiger partial charge in [0.05, 0.1) is 0 Å². The highest BCUT2D eigenvalue weighted by atomic mass is 35.5. The summed E-state index contributed by atoms with van der Waals surface area (Å²) in [5.41, 5.74) is 5.26. The van der Waals surface area contributed by atoms with Gasteiger partial charge in [-0.3, -0.25) is 0 Å². The number of hydrogen-bond donors (Lipinski definition) is 0. The Bertz CT molecular complexity index is 493. The fourth-order valence-electron chi connectivity index (χ4n) is 2.78. The molecule has 0 amide bonds. The molecule has 2 heteroatoms. The first-order chi connectivity index (χ1) is 7.20. The van der Waals surface area contributed by atoms with E-state index < -0.39 is 0 Å². The summed E-state index contributed by atoms with van der Waals surface area (Å²) in [6.07, 6.45) is 4.41. The zero-order chi connectivity index (χ0) is 10.6. The average Bonchev–Trinajstić information content (AvgIpc) is 2.73. The normalized spacial score (nSPS) is 25.9. The predicted molar refractivity (Wildman–Crippen MR) is 64.5 cm³/mol. The summed E-state index contributed by atoms with van der Waals surface area (Å²) in [4.78, 5) is 0. The quantitative estimate of drug-likeness (QED) is 0.585. The smallest absolute Gasteiger partial charge is 0.0759 e. The van der Waals surface area contributed by atoms with E-state index in [9.17, 15) is 0 Å². The van der Waals surface area contributed by atoms with Crippen LogP contribution in [0.4, 0.5) is 0 Å². The summed E-state index contributed by atoms with van der Waals surface area (Å²) in [6.45, 7) is 2.15. The van der Waals surface area contributed by atoms with Crippen LogP contribution < -0.4 is 0 Å². The van der Waals surface area contributed by atoms with E-state index in [4.69, 9.17) is 23.2 Å². The van der Waals surface area contributed by atoms with E-state index >= 15 is 0 Å². The Kier molecular flexibility index (Phi) is 1.99. The average molecular weight is 237 g/mol. The highest BCUT2D eigenvalue weighted by Crippen LogP contribution is 2.55. The molecule has 0 nitrogen and oxygen atoms in total. The zero-order valence-corrected chi connectivity index (χ0v) is 9.81. The lowest BCUT2D eigenvalue weighted by atomic mass is 9.93. The molecule has 76 valence electrons. The van der Waals surface area contributed by atoms with E-state index in [2.05, 4.69) is 37.3 Å². The van der Waals surface area contributed by atoms with E-state index in [1.54, 1.807) is 0 Å². The van der Waals surface area contributed by atoms with Gasteiger partial charge in [-0.25, -0.2) is 0 Å². The molecule has 0 fully saturated rings. The molecule has 3 rings (SSSR count). The summed E-state index contributed by atoms with van der Waals surface area (Å²) in [5.74, 6) is 0.631. The van der Waals surface area contributed by atoms with E-state index in [-0.39, 0.29) is 0 Å². The number of hydrogen-bond acceptors (Lipinski definition) is 0. The van der Waals surface area contributed by atoms with Crippen LogP contribution in [0.1, 0.15) is 28.5 Å². The Morgan fingerprint density at radius 3 is 2.53 bits per heavy atom. The van der Waals surface area contributed by atoms with Crippen LogP contribution in [-0.2, 0) is 0 Å². The first kappa shape index (κ1) is 9.50. The van der Waals surface area contributed by atoms with Crippen LogP contribution in [0.15, 0.2) is 40.4 Å². The van der Waals surface area contributed by atoms with Gasteiger partial charge < -0.3 is 0 Å². The molecular formula is C13H10Cl2. The van der Waals surface area contributed by atoms with Gasteiger partial charge in [-0.15, -0.1) is 0 Å². The van der Waals surface area contributed by atoms with Crippen molar-refractivity contribution in [3.05, 3.63) is 57.1 Å². The maximum Gasteiger partial charge on any atom is 0.107 e. The summed E-state index contributed by atoms with van der Waals surface area (Å²) < 4.78 is 0.436. The number of fused-ring (bicyclic) bond motifs is 5. The monoisotopic (exact) mass is 236 g/mol. The lowest BCUT2D eigenvalue weighted by molar-refractivity contribution is 1.03. The van der Waals surface area contributed by atoms with Crippen molar-refractivity contribution in [3.63, 3.8) is 0 Å². The van der Waals surface area contributed by atoms with Gasteiger partial charge in [-0.05, 0) is 29.2 Å². The zero-order valence-electron chi connectivity index (χ0n) is 8.30. The van der Waals surface area contributed by atoms with E-state index in [1.165, 1.54) is 16.7 Å². The Labute approximate surface area is 99.2 Å². The van der Waals surface area contributed by atoms with Crippen LogP contribution in [-0.4, -0.2) is 0 Å². The first-order valence-corrected chi connectivity index (χ1v) is 5.78. The Morgan fingerprint density at radius 2 is 1.87 bits per heavy atom. The third-order valence-corrected chi connectivity index (χ3v) is 3.82. The number of halogens is 2. The van der Waals surface area contributed by atoms with Gasteiger partial charge in [-0.2, -0.15) is 0 Å². The molecule has 2 bridgehead atoms. The largest absolute Gasteiger partial charge is 0.107 e. The minimum absolute atomic E-state index is 0.315. The summed E-state index contributed by atoms with van der Waals surface area (Å²) >= 11 is 11.9. The summed E-state index contributed by atoms with van der Waals surface area (Å²) in [5, 5.41) is 0. The molecule has 1 aromatic carbocycles. The van der Waals surface area contributed by atoms with Crippen LogP contribution in [0.3, 0.4) is 0 Å². The van der Waals surface area contributed by atoms with Gasteiger partial charge in [0.25, 0.3) is 0 Å². The highest BCUT2D eigenvalue weighted by molar-refractivity contribution is 6.56. The van der Waals surface area contributed by atoms with Crippen molar-refractivity contribution >= 4 is 23.2 Å². The molecule has 2 aliphatic carbocycles. The third-order valence-electron chi connectivity index (χ3n) is 3.39. The number of aryl methyl sites for hydroxylation is 1. The predicted octanol–water partition coefficient (Wildman–Crippen LogP) is 4.43. The lowest BCUT2D eigenvalue weighted by Crippen LogP contribution is -1.95. The molecule has 0 saturated carbocycles. The maximum atomic E-state index is 5.96. The van der Waals surface area contributed by atoms with Gasteiger partial charge in [0.2, 0.25) is 0 Å². The van der Waals surface area contributed by atoms with Crippen molar-refractivity contribution in [1.82, 2.24) is 0 Å². The maximum absolute atomic E-state index is 5.96. The third kappa shape index (κ3) is 1.15. The first-order valence-electron chi connectivity index (χ1n) is 5.03. The fraction of sp³-hybridized carbons (Fsp3) is 0.231. The molecule has 2 unspecified atom stereocenters. The number of allylic oxidation sites excluding steroid dienone is 3. The molecule has 15 heavy (non-hydrogen) atoms. The Balaban J connectivity index is 2.29. The second kappa shape index (κ2) is 3.13. The summed E-state index contributed by atoms with van der Waals surface area (Å²) in [7, 11) is 0. The van der Waals surface area contributed by atoms with Crippen LogP contribution >= 0.6 is 23.2 Å². The van der Waals surface area contributed by atoms with Gasteiger partial charge in [0, 0.05) is 11.8 Å². The minimum atomic E-state index is 0.315. The molecule has 0 saturated heterocycles. The van der Waals surface area contributed by atoms with Crippen LogP contribution in [0.5, 0.6) is 0 Å². The number of rotatable bonds is 0.